The molecular weight excluding hydrogens is 208 g/mol. The Morgan fingerprint density at radius 1 is 1.24 bits per heavy atom. The summed E-state index contributed by atoms with van der Waals surface area (Å²) in [6, 6.07) is 11.4. The first kappa shape index (κ1) is 12.4. The van der Waals surface area contributed by atoms with Gasteiger partial charge in [0, 0.05) is 25.3 Å². The number of nitrogens with one attached hydrogen (secondary N) is 1. The van der Waals surface area contributed by atoms with Gasteiger partial charge in [-0.05, 0) is 44.4 Å². The van der Waals surface area contributed by atoms with E-state index in [1.165, 1.54) is 44.3 Å². The molecule has 2 heteroatoms. The fourth-order valence-electron chi connectivity index (χ4n) is 2.56. The van der Waals surface area contributed by atoms with E-state index in [9.17, 15) is 0 Å². The number of anilines is 1. The number of benzene rings is 1. The second-order valence-electron chi connectivity index (χ2n) is 5.05. The maximum atomic E-state index is 3.61. The van der Waals surface area contributed by atoms with Crippen molar-refractivity contribution in [1.29, 1.82) is 0 Å². The van der Waals surface area contributed by atoms with Crippen molar-refractivity contribution in [3.8, 4) is 0 Å². The molecule has 0 amide bonds. The van der Waals surface area contributed by atoms with Crippen LogP contribution in [0.2, 0.25) is 0 Å². The van der Waals surface area contributed by atoms with E-state index in [4.69, 9.17) is 0 Å². The molecule has 1 heterocycles. The van der Waals surface area contributed by atoms with Crippen molar-refractivity contribution in [2.45, 2.75) is 38.1 Å². The maximum absolute atomic E-state index is 3.61. The van der Waals surface area contributed by atoms with Crippen LogP contribution in [0.5, 0.6) is 0 Å². The van der Waals surface area contributed by atoms with E-state index < -0.39 is 0 Å². The topological polar surface area (TPSA) is 15.3 Å². The van der Waals surface area contributed by atoms with Gasteiger partial charge < -0.3 is 10.2 Å². The van der Waals surface area contributed by atoms with Crippen molar-refractivity contribution < 1.29 is 0 Å². The van der Waals surface area contributed by atoms with Crippen LogP contribution in [0.4, 0.5) is 5.69 Å². The average molecular weight is 232 g/mol. The van der Waals surface area contributed by atoms with Gasteiger partial charge in [-0.25, -0.2) is 0 Å². The molecule has 0 aliphatic carbocycles. The van der Waals surface area contributed by atoms with Gasteiger partial charge >= 0.3 is 0 Å². The van der Waals surface area contributed by atoms with Crippen molar-refractivity contribution in [3.63, 3.8) is 0 Å². The molecule has 1 atom stereocenters. The zero-order valence-electron chi connectivity index (χ0n) is 10.9. The van der Waals surface area contributed by atoms with Gasteiger partial charge in [-0.15, -0.1) is 0 Å². The SMILES string of the molecule is CN(CCCC1CCCCN1)c1ccccc1. The Balaban J connectivity index is 1.67. The number of nitrogens with zero attached hydrogens (tertiary/aromatic N) is 1. The second kappa shape index (κ2) is 6.65. The van der Waals surface area contributed by atoms with Crippen molar-refractivity contribution in [2.75, 3.05) is 25.0 Å². The van der Waals surface area contributed by atoms with Crippen LogP contribution in [0.3, 0.4) is 0 Å². The van der Waals surface area contributed by atoms with E-state index in [0.717, 1.165) is 12.6 Å². The molecule has 0 radical (unpaired) electrons. The molecule has 1 N–H and O–H groups in total. The minimum Gasteiger partial charge on any atom is -0.375 e. The van der Waals surface area contributed by atoms with Crippen LogP contribution in [0.1, 0.15) is 32.1 Å². The molecule has 0 aromatic heterocycles. The quantitative estimate of drug-likeness (QED) is 0.839. The molecule has 0 bridgehead atoms. The molecule has 2 nitrogen and oxygen atoms in total. The summed E-state index contributed by atoms with van der Waals surface area (Å²) in [7, 11) is 2.18. The first-order valence-electron chi connectivity index (χ1n) is 6.86. The molecule has 1 aromatic carbocycles. The van der Waals surface area contributed by atoms with Crippen LogP contribution in [-0.2, 0) is 0 Å². The number of piperidine rings is 1. The molecule has 1 aliphatic heterocycles. The Morgan fingerprint density at radius 3 is 2.76 bits per heavy atom. The highest BCUT2D eigenvalue weighted by Gasteiger charge is 2.11. The Labute approximate surface area is 105 Å². The van der Waals surface area contributed by atoms with E-state index in [1.54, 1.807) is 0 Å². The van der Waals surface area contributed by atoms with Gasteiger partial charge in [-0.1, -0.05) is 24.6 Å². The Kier molecular flexibility index (Phi) is 4.87. The van der Waals surface area contributed by atoms with E-state index in [2.05, 4.69) is 47.6 Å². The zero-order valence-corrected chi connectivity index (χ0v) is 10.9. The molecular formula is C15H24N2. The summed E-state index contributed by atoms with van der Waals surface area (Å²) in [4.78, 5) is 2.35. The van der Waals surface area contributed by atoms with Gasteiger partial charge in [0.2, 0.25) is 0 Å². The highest BCUT2D eigenvalue weighted by atomic mass is 15.1. The van der Waals surface area contributed by atoms with Crippen LogP contribution < -0.4 is 10.2 Å². The summed E-state index contributed by atoms with van der Waals surface area (Å²) in [5.74, 6) is 0. The fraction of sp³-hybridized carbons (Fsp3) is 0.600. The van der Waals surface area contributed by atoms with E-state index in [-0.39, 0.29) is 0 Å². The third kappa shape index (κ3) is 4.04. The molecule has 1 aliphatic rings. The molecule has 0 spiro atoms. The predicted octanol–water partition coefficient (Wildman–Crippen LogP) is 3.05. The van der Waals surface area contributed by atoms with Gasteiger partial charge in [0.05, 0.1) is 0 Å². The molecule has 1 aromatic rings. The zero-order chi connectivity index (χ0) is 11.9. The normalized spacial score (nSPS) is 20.2. The lowest BCUT2D eigenvalue weighted by molar-refractivity contribution is 0.376. The molecule has 94 valence electrons. The van der Waals surface area contributed by atoms with E-state index >= 15 is 0 Å². The summed E-state index contributed by atoms with van der Waals surface area (Å²) >= 11 is 0. The smallest absolute Gasteiger partial charge is 0.0363 e. The highest BCUT2D eigenvalue weighted by molar-refractivity contribution is 5.44. The highest BCUT2D eigenvalue weighted by Crippen LogP contribution is 2.14. The van der Waals surface area contributed by atoms with Crippen LogP contribution in [0.15, 0.2) is 30.3 Å². The summed E-state index contributed by atoms with van der Waals surface area (Å²) in [5.41, 5.74) is 1.32. The van der Waals surface area contributed by atoms with E-state index in [1.807, 2.05) is 0 Å². The Hall–Kier alpha value is -1.02. The molecule has 1 unspecified atom stereocenters. The van der Waals surface area contributed by atoms with Gasteiger partial charge in [-0.3, -0.25) is 0 Å². The fourth-order valence-corrected chi connectivity index (χ4v) is 2.56. The third-order valence-electron chi connectivity index (χ3n) is 3.66. The molecule has 2 rings (SSSR count). The monoisotopic (exact) mass is 232 g/mol. The molecule has 1 fully saturated rings. The van der Waals surface area contributed by atoms with Crippen LogP contribution >= 0.6 is 0 Å². The number of hydrogen-bond acceptors (Lipinski definition) is 2. The lowest BCUT2D eigenvalue weighted by atomic mass is 10.0. The predicted molar refractivity (Wildman–Crippen MR) is 74.6 cm³/mol. The summed E-state index contributed by atoms with van der Waals surface area (Å²) in [5, 5.41) is 3.61. The van der Waals surface area contributed by atoms with Gasteiger partial charge in [0.1, 0.15) is 0 Å². The first-order chi connectivity index (χ1) is 8.36. The summed E-state index contributed by atoms with van der Waals surface area (Å²) < 4.78 is 0. The van der Waals surface area contributed by atoms with Crippen molar-refractivity contribution >= 4 is 5.69 Å². The van der Waals surface area contributed by atoms with Crippen molar-refractivity contribution in [2.24, 2.45) is 0 Å². The first-order valence-corrected chi connectivity index (χ1v) is 6.86. The second-order valence-corrected chi connectivity index (χ2v) is 5.05. The van der Waals surface area contributed by atoms with E-state index in [0.29, 0.717) is 0 Å². The van der Waals surface area contributed by atoms with Crippen molar-refractivity contribution in [3.05, 3.63) is 30.3 Å². The summed E-state index contributed by atoms with van der Waals surface area (Å²) in [6.45, 7) is 2.38. The van der Waals surface area contributed by atoms with Gasteiger partial charge in [0.25, 0.3) is 0 Å². The van der Waals surface area contributed by atoms with Crippen LogP contribution in [0.25, 0.3) is 0 Å². The average Bonchev–Trinajstić information content (AvgIpc) is 2.41. The van der Waals surface area contributed by atoms with Crippen LogP contribution in [-0.4, -0.2) is 26.2 Å². The summed E-state index contributed by atoms with van der Waals surface area (Å²) in [6.07, 6.45) is 6.74. The molecule has 1 saturated heterocycles. The standard InChI is InChI=1S/C15H24N2/c1-17(15-10-3-2-4-11-15)13-7-9-14-8-5-6-12-16-14/h2-4,10-11,14,16H,5-9,12-13H2,1H3. The largest absolute Gasteiger partial charge is 0.375 e. The van der Waals surface area contributed by atoms with Crippen LogP contribution in [0, 0.1) is 0 Å². The van der Waals surface area contributed by atoms with Gasteiger partial charge in [0.15, 0.2) is 0 Å². The van der Waals surface area contributed by atoms with Crippen molar-refractivity contribution in [1.82, 2.24) is 5.32 Å². The Bertz CT molecular complexity index is 304. The lowest BCUT2D eigenvalue weighted by Gasteiger charge is -2.25. The maximum Gasteiger partial charge on any atom is 0.0363 e. The molecule has 0 saturated carbocycles. The van der Waals surface area contributed by atoms with Gasteiger partial charge in [-0.2, -0.15) is 0 Å². The third-order valence-corrected chi connectivity index (χ3v) is 3.66. The molecule has 17 heavy (non-hydrogen) atoms. The number of para-hydroxylation sites is 1. The Morgan fingerprint density at radius 2 is 2.06 bits per heavy atom. The number of hydrogen-bond donors (Lipinski definition) is 1. The lowest BCUT2D eigenvalue weighted by Crippen LogP contribution is -2.34. The minimum atomic E-state index is 0.771. The minimum absolute atomic E-state index is 0.771. The number of rotatable bonds is 5.